The minimum Gasteiger partial charge on any atom is -0.374 e. The third-order valence-corrected chi connectivity index (χ3v) is 3.99. The second kappa shape index (κ2) is 4.74. The molecule has 0 bridgehead atoms. The highest BCUT2D eigenvalue weighted by molar-refractivity contribution is 5.73. The van der Waals surface area contributed by atoms with Crippen molar-refractivity contribution in [2.75, 3.05) is 0 Å². The van der Waals surface area contributed by atoms with Gasteiger partial charge in [-0.25, -0.2) is 0 Å². The lowest BCUT2D eigenvalue weighted by Gasteiger charge is -2.40. The van der Waals surface area contributed by atoms with Crippen LogP contribution in [-0.4, -0.2) is 24.2 Å². The van der Waals surface area contributed by atoms with Crippen LogP contribution in [0.5, 0.6) is 0 Å². The van der Waals surface area contributed by atoms with Crippen LogP contribution in [0, 0.1) is 11.8 Å². The van der Waals surface area contributed by atoms with Gasteiger partial charge in [0.15, 0.2) is 0 Å². The molecular formula is C13H23NO2. The van der Waals surface area contributed by atoms with Crippen LogP contribution >= 0.6 is 0 Å². The smallest absolute Gasteiger partial charge is 0.217 e. The number of ether oxygens (including phenoxy) is 1. The molecule has 3 heteroatoms. The lowest BCUT2D eigenvalue weighted by Crippen LogP contribution is -2.51. The molecule has 1 aliphatic heterocycles. The fourth-order valence-electron chi connectivity index (χ4n) is 3.15. The van der Waals surface area contributed by atoms with Crippen molar-refractivity contribution in [2.24, 2.45) is 11.8 Å². The van der Waals surface area contributed by atoms with Gasteiger partial charge < -0.3 is 10.1 Å². The number of amides is 1. The highest BCUT2D eigenvalue weighted by atomic mass is 16.5. The minimum absolute atomic E-state index is 0.0973. The lowest BCUT2D eigenvalue weighted by atomic mass is 9.85. The van der Waals surface area contributed by atoms with E-state index in [4.69, 9.17) is 4.74 Å². The third kappa shape index (κ3) is 2.40. The number of rotatable bonds is 2. The molecule has 92 valence electrons. The Hall–Kier alpha value is -0.570. The van der Waals surface area contributed by atoms with Crippen LogP contribution < -0.4 is 5.32 Å². The molecule has 4 atom stereocenters. The summed E-state index contributed by atoms with van der Waals surface area (Å²) in [6.45, 7) is 6.01. The second-order valence-corrected chi connectivity index (χ2v) is 5.59. The van der Waals surface area contributed by atoms with Gasteiger partial charge in [0.25, 0.3) is 0 Å². The van der Waals surface area contributed by atoms with Gasteiger partial charge >= 0.3 is 0 Å². The minimum atomic E-state index is 0.0973. The zero-order chi connectivity index (χ0) is 11.7. The van der Waals surface area contributed by atoms with E-state index in [1.807, 2.05) is 0 Å². The fraction of sp³-hybridized carbons (Fsp3) is 0.923. The number of carbonyl (C=O) groups excluding carboxylic acids is 1. The zero-order valence-corrected chi connectivity index (χ0v) is 10.5. The summed E-state index contributed by atoms with van der Waals surface area (Å²) in [5.74, 6) is 1.19. The Balaban J connectivity index is 2.05. The summed E-state index contributed by atoms with van der Waals surface area (Å²) in [5.41, 5.74) is 0. The largest absolute Gasteiger partial charge is 0.374 e. The molecule has 2 aliphatic rings. The van der Waals surface area contributed by atoms with Gasteiger partial charge in [-0.15, -0.1) is 0 Å². The van der Waals surface area contributed by atoms with E-state index in [1.54, 1.807) is 6.92 Å². The molecule has 1 heterocycles. The van der Waals surface area contributed by atoms with Crippen molar-refractivity contribution in [3.63, 3.8) is 0 Å². The van der Waals surface area contributed by atoms with Crippen LogP contribution in [0.1, 0.15) is 46.5 Å². The van der Waals surface area contributed by atoms with Gasteiger partial charge in [-0.1, -0.05) is 20.3 Å². The topological polar surface area (TPSA) is 38.3 Å². The van der Waals surface area contributed by atoms with Crippen LogP contribution in [0.4, 0.5) is 0 Å². The Morgan fingerprint density at radius 3 is 2.75 bits per heavy atom. The summed E-state index contributed by atoms with van der Waals surface area (Å²) < 4.78 is 6.13. The average Bonchev–Trinajstić information content (AvgIpc) is 2.64. The molecule has 0 aromatic heterocycles. The molecule has 3 nitrogen and oxygen atoms in total. The SMILES string of the molecule is CC(=O)N[C@@H]1C[C@H](C(C)C)O[C@@H]2CCC[C@@H]12. The Morgan fingerprint density at radius 1 is 1.38 bits per heavy atom. The van der Waals surface area contributed by atoms with Crippen molar-refractivity contribution in [2.45, 2.75) is 64.7 Å². The van der Waals surface area contributed by atoms with Crippen LogP contribution in [0.2, 0.25) is 0 Å². The van der Waals surface area contributed by atoms with Crippen LogP contribution in [-0.2, 0) is 9.53 Å². The van der Waals surface area contributed by atoms with Crippen molar-refractivity contribution >= 4 is 5.91 Å². The monoisotopic (exact) mass is 225 g/mol. The fourth-order valence-corrected chi connectivity index (χ4v) is 3.15. The molecule has 1 amide bonds. The maximum Gasteiger partial charge on any atom is 0.217 e. The van der Waals surface area contributed by atoms with Gasteiger partial charge in [0.2, 0.25) is 5.91 Å². The molecule has 0 radical (unpaired) electrons. The number of nitrogens with one attached hydrogen (secondary N) is 1. The number of hydrogen-bond donors (Lipinski definition) is 1. The Kier molecular flexibility index (Phi) is 3.53. The molecule has 0 aromatic carbocycles. The van der Waals surface area contributed by atoms with Crippen molar-refractivity contribution < 1.29 is 9.53 Å². The van der Waals surface area contributed by atoms with Crippen molar-refractivity contribution in [3.8, 4) is 0 Å². The molecule has 0 unspecified atom stereocenters. The van der Waals surface area contributed by atoms with Crippen LogP contribution in [0.15, 0.2) is 0 Å². The predicted molar refractivity (Wildman–Crippen MR) is 63.1 cm³/mol. The van der Waals surface area contributed by atoms with E-state index < -0.39 is 0 Å². The van der Waals surface area contributed by atoms with Crippen molar-refractivity contribution in [3.05, 3.63) is 0 Å². The molecule has 0 aromatic rings. The summed E-state index contributed by atoms with van der Waals surface area (Å²) in [5, 5.41) is 3.12. The Labute approximate surface area is 97.9 Å². The first-order chi connectivity index (χ1) is 7.58. The third-order valence-electron chi connectivity index (χ3n) is 3.99. The number of fused-ring (bicyclic) bond motifs is 1. The highest BCUT2D eigenvalue weighted by Gasteiger charge is 2.42. The molecule has 0 spiro atoms. The maximum absolute atomic E-state index is 11.2. The standard InChI is InChI=1S/C13H23NO2/c1-8(2)13-7-11(14-9(3)15)10-5-4-6-12(10)16-13/h8,10-13H,4-7H2,1-3H3,(H,14,15)/t10-,11+,12+,13+/m0/s1. The number of hydrogen-bond acceptors (Lipinski definition) is 2. The summed E-state index contributed by atoms with van der Waals surface area (Å²) in [7, 11) is 0. The predicted octanol–water partition coefficient (Wildman–Crippen LogP) is 2.10. The van der Waals surface area contributed by atoms with Crippen molar-refractivity contribution in [1.82, 2.24) is 5.32 Å². The molecule has 1 saturated heterocycles. The molecule has 2 rings (SSSR count). The van der Waals surface area contributed by atoms with Gasteiger partial charge in [0.1, 0.15) is 0 Å². The number of carbonyl (C=O) groups is 1. The first-order valence-corrected chi connectivity index (χ1v) is 6.50. The maximum atomic E-state index is 11.2. The van der Waals surface area contributed by atoms with Gasteiger partial charge in [-0.05, 0) is 25.2 Å². The van der Waals surface area contributed by atoms with Gasteiger partial charge in [0, 0.05) is 18.9 Å². The molecule has 1 aliphatic carbocycles. The van der Waals surface area contributed by atoms with Crippen LogP contribution in [0.25, 0.3) is 0 Å². The summed E-state index contributed by atoms with van der Waals surface area (Å²) in [4.78, 5) is 11.2. The van der Waals surface area contributed by atoms with E-state index in [9.17, 15) is 4.79 Å². The van der Waals surface area contributed by atoms with E-state index in [2.05, 4.69) is 19.2 Å². The quantitative estimate of drug-likeness (QED) is 0.781. The molecule has 16 heavy (non-hydrogen) atoms. The van der Waals surface area contributed by atoms with E-state index >= 15 is 0 Å². The highest BCUT2D eigenvalue weighted by Crippen LogP contribution is 2.39. The first-order valence-electron chi connectivity index (χ1n) is 6.50. The Morgan fingerprint density at radius 2 is 2.12 bits per heavy atom. The van der Waals surface area contributed by atoms with Gasteiger partial charge in [0.05, 0.1) is 12.2 Å². The summed E-state index contributed by atoms with van der Waals surface area (Å²) in [6, 6.07) is 0.339. The van der Waals surface area contributed by atoms with E-state index in [-0.39, 0.29) is 5.91 Å². The van der Waals surface area contributed by atoms with E-state index in [1.165, 1.54) is 19.3 Å². The normalized spacial score (nSPS) is 38.5. The lowest BCUT2D eigenvalue weighted by molar-refractivity contribution is -0.126. The van der Waals surface area contributed by atoms with Crippen LogP contribution in [0.3, 0.4) is 0 Å². The van der Waals surface area contributed by atoms with Gasteiger partial charge in [-0.3, -0.25) is 4.79 Å². The average molecular weight is 225 g/mol. The Bertz CT molecular complexity index is 265. The zero-order valence-electron chi connectivity index (χ0n) is 10.5. The van der Waals surface area contributed by atoms with Gasteiger partial charge in [-0.2, -0.15) is 0 Å². The molecule has 1 saturated carbocycles. The molecular weight excluding hydrogens is 202 g/mol. The first kappa shape index (κ1) is 11.9. The van der Waals surface area contributed by atoms with E-state index in [0.717, 1.165) is 6.42 Å². The summed E-state index contributed by atoms with van der Waals surface area (Å²) in [6.07, 6.45) is 5.31. The second-order valence-electron chi connectivity index (χ2n) is 5.59. The van der Waals surface area contributed by atoms with E-state index in [0.29, 0.717) is 30.1 Å². The molecule has 2 fully saturated rings. The summed E-state index contributed by atoms with van der Waals surface area (Å²) >= 11 is 0. The molecule has 1 N–H and O–H groups in total. The van der Waals surface area contributed by atoms with Crippen molar-refractivity contribution in [1.29, 1.82) is 0 Å².